The first-order valence-electron chi connectivity index (χ1n) is 5.70. The molecule has 1 aliphatic rings. The van der Waals surface area contributed by atoms with Crippen LogP contribution in [0.3, 0.4) is 0 Å². The highest BCUT2D eigenvalue weighted by Crippen LogP contribution is 2.36. The van der Waals surface area contributed by atoms with Crippen molar-refractivity contribution in [2.45, 2.75) is 38.3 Å². The van der Waals surface area contributed by atoms with Crippen molar-refractivity contribution < 1.29 is 14.7 Å². The number of aliphatic carboxylic acids is 1. The van der Waals surface area contributed by atoms with Crippen molar-refractivity contribution in [2.24, 2.45) is 0 Å². The second-order valence-electron chi connectivity index (χ2n) is 4.72. The van der Waals surface area contributed by atoms with Crippen molar-refractivity contribution >= 4 is 11.9 Å². The summed E-state index contributed by atoms with van der Waals surface area (Å²) in [5.41, 5.74) is -0.597. The van der Waals surface area contributed by atoms with Crippen LogP contribution in [-0.4, -0.2) is 47.6 Å². The van der Waals surface area contributed by atoms with Gasteiger partial charge in [0.05, 0.1) is 0 Å². The molecular weight excluding hydrogens is 220 g/mol. The Labute approximate surface area is 101 Å². The van der Waals surface area contributed by atoms with Crippen molar-refractivity contribution in [3.05, 3.63) is 11.6 Å². The molecule has 1 saturated carbocycles. The van der Waals surface area contributed by atoms with E-state index < -0.39 is 11.5 Å². The molecule has 96 valence electrons. The second kappa shape index (κ2) is 4.87. The average molecular weight is 240 g/mol. The molecule has 17 heavy (non-hydrogen) atoms. The topological polar surface area (TPSA) is 69.6 Å². The third-order valence-corrected chi connectivity index (χ3v) is 3.51. The lowest BCUT2D eigenvalue weighted by molar-refractivity contribution is -0.156. The van der Waals surface area contributed by atoms with Crippen LogP contribution in [0.5, 0.6) is 0 Å². The Balaban J connectivity index is 2.89. The zero-order chi connectivity index (χ0) is 13.2. The molecule has 0 aliphatic heterocycles. The lowest BCUT2D eigenvalue weighted by Gasteiger charge is -2.49. The fourth-order valence-electron chi connectivity index (χ4n) is 2.14. The standard InChI is InChI=1S/C12H20N2O3/c1-5-8(2)10(15)13-12(11(16)17)7-6-9(12)14(3)4/h5,9H,6-7H2,1-4H3,(H,13,15)(H,16,17). The first-order valence-corrected chi connectivity index (χ1v) is 5.70. The van der Waals surface area contributed by atoms with Crippen LogP contribution in [-0.2, 0) is 9.59 Å². The molecule has 5 heteroatoms. The molecule has 0 spiro atoms. The van der Waals surface area contributed by atoms with E-state index in [1.165, 1.54) is 0 Å². The van der Waals surface area contributed by atoms with E-state index in [1.54, 1.807) is 19.9 Å². The van der Waals surface area contributed by atoms with Gasteiger partial charge in [0, 0.05) is 11.6 Å². The van der Waals surface area contributed by atoms with Crippen LogP contribution in [0.1, 0.15) is 26.7 Å². The highest BCUT2D eigenvalue weighted by atomic mass is 16.4. The highest BCUT2D eigenvalue weighted by Gasteiger charge is 2.55. The number of carboxylic acids is 1. The minimum atomic E-state index is -1.13. The molecule has 1 rings (SSSR count). The zero-order valence-corrected chi connectivity index (χ0v) is 10.8. The predicted octanol–water partition coefficient (Wildman–Crippen LogP) is 0.616. The Morgan fingerprint density at radius 2 is 2.06 bits per heavy atom. The van der Waals surface area contributed by atoms with Crippen molar-refractivity contribution in [3.8, 4) is 0 Å². The quantitative estimate of drug-likeness (QED) is 0.707. The van der Waals surface area contributed by atoms with E-state index in [2.05, 4.69) is 5.32 Å². The summed E-state index contributed by atoms with van der Waals surface area (Å²) in [5, 5.41) is 12.0. The van der Waals surface area contributed by atoms with E-state index in [-0.39, 0.29) is 11.9 Å². The van der Waals surface area contributed by atoms with Crippen molar-refractivity contribution in [1.29, 1.82) is 0 Å². The van der Waals surface area contributed by atoms with Crippen LogP contribution in [0, 0.1) is 0 Å². The van der Waals surface area contributed by atoms with Gasteiger partial charge in [-0.1, -0.05) is 6.08 Å². The molecule has 2 N–H and O–H groups in total. The van der Waals surface area contributed by atoms with Crippen LogP contribution < -0.4 is 5.32 Å². The molecule has 0 bridgehead atoms. The van der Waals surface area contributed by atoms with Crippen LogP contribution in [0.25, 0.3) is 0 Å². The molecule has 0 radical (unpaired) electrons. The Kier molecular flexibility index (Phi) is 3.93. The van der Waals surface area contributed by atoms with Gasteiger partial charge in [-0.2, -0.15) is 0 Å². The number of nitrogens with one attached hydrogen (secondary N) is 1. The molecule has 1 amide bonds. The Bertz CT molecular complexity index is 363. The Morgan fingerprint density at radius 1 is 1.47 bits per heavy atom. The summed E-state index contributed by atoms with van der Waals surface area (Å²) in [7, 11) is 3.66. The van der Waals surface area contributed by atoms with E-state index >= 15 is 0 Å². The summed E-state index contributed by atoms with van der Waals surface area (Å²) >= 11 is 0. The van der Waals surface area contributed by atoms with Gasteiger partial charge in [-0.25, -0.2) is 4.79 Å². The highest BCUT2D eigenvalue weighted by molar-refractivity contribution is 5.97. The molecule has 0 aromatic rings. The lowest BCUT2D eigenvalue weighted by Crippen LogP contribution is -2.71. The summed E-state index contributed by atoms with van der Waals surface area (Å²) in [6.45, 7) is 3.43. The summed E-state index contributed by atoms with van der Waals surface area (Å²) in [6, 6.07) is -0.145. The summed E-state index contributed by atoms with van der Waals surface area (Å²) in [5.74, 6) is -1.26. The van der Waals surface area contributed by atoms with E-state index in [1.807, 2.05) is 19.0 Å². The minimum absolute atomic E-state index is 0.145. The molecular formula is C12H20N2O3. The SMILES string of the molecule is CC=C(C)C(=O)NC1(C(=O)O)CCC1N(C)C. The smallest absolute Gasteiger partial charge is 0.331 e. The first kappa shape index (κ1) is 13.7. The lowest BCUT2D eigenvalue weighted by atomic mass is 9.70. The maximum atomic E-state index is 11.8. The molecule has 0 aromatic heterocycles. The second-order valence-corrected chi connectivity index (χ2v) is 4.72. The van der Waals surface area contributed by atoms with Crippen LogP contribution in [0.15, 0.2) is 11.6 Å². The number of amides is 1. The monoisotopic (exact) mass is 240 g/mol. The maximum absolute atomic E-state index is 11.8. The molecule has 5 nitrogen and oxygen atoms in total. The van der Waals surface area contributed by atoms with Gasteiger partial charge >= 0.3 is 5.97 Å². The normalized spacial score (nSPS) is 28.8. The Hall–Kier alpha value is -1.36. The van der Waals surface area contributed by atoms with Crippen LogP contribution in [0.2, 0.25) is 0 Å². The molecule has 1 aliphatic carbocycles. The zero-order valence-electron chi connectivity index (χ0n) is 10.8. The van der Waals surface area contributed by atoms with Crippen molar-refractivity contribution in [3.63, 3.8) is 0 Å². The number of carboxylic acid groups (broad SMARTS) is 1. The van der Waals surface area contributed by atoms with E-state index in [0.717, 1.165) is 6.42 Å². The van der Waals surface area contributed by atoms with E-state index in [9.17, 15) is 14.7 Å². The molecule has 2 atom stereocenters. The third-order valence-electron chi connectivity index (χ3n) is 3.51. The van der Waals surface area contributed by atoms with Gasteiger partial charge in [0.1, 0.15) is 0 Å². The molecule has 1 fully saturated rings. The number of carbonyl (C=O) groups excluding carboxylic acids is 1. The molecule has 0 saturated heterocycles. The molecule has 0 aromatic carbocycles. The van der Waals surface area contributed by atoms with Gasteiger partial charge in [-0.3, -0.25) is 4.79 Å². The maximum Gasteiger partial charge on any atom is 0.331 e. The number of hydrogen-bond acceptors (Lipinski definition) is 3. The first-order chi connectivity index (χ1) is 7.85. The van der Waals surface area contributed by atoms with Gasteiger partial charge in [-0.05, 0) is 40.8 Å². The fraction of sp³-hybridized carbons (Fsp3) is 0.667. The van der Waals surface area contributed by atoms with Crippen molar-refractivity contribution in [2.75, 3.05) is 14.1 Å². The van der Waals surface area contributed by atoms with Gasteiger partial charge in [0.25, 0.3) is 0 Å². The minimum Gasteiger partial charge on any atom is -0.479 e. The molecule has 0 heterocycles. The largest absolute Gasteiger partial charge is 0.479 e. The van der Waals surface area contributed by atoms with E-state index in [4.69, 9.17) is 0 Å². The van der Waals surface area contributed by atoms with Crippen LogP contribution in [0.4, 0.5) is 0 Å². The van der Waals surface area contributed by atoms with Crippen molar-refractivity contribution in [1.82, 2.24) is 10.2 Å². The predicted molar refractivity (Wildman–Crippen MR) is 64.6 cm³/mol. The summed E-state index contributed by atoms with van der Waals surface area (Å²) in [4.78, 5) is 25.0. The number of carbonyl (C=O) groups is 2. The van der Waals surface area contributed by atoms with Gasteiger partial charge in [0.2, 0.25) is 5.91 Å². The number of hydrogen-bond donors (Lipinski definition) is 2. The van der Waals surface area contributed by atoms with Gasteiger partial charge < -0.3 is 15.3 Å². The number of rotatable bonds is 4. The number of nitrogens with zero attached hydrogens (tertiary/aromatic N) is 1. The van der Waals surface area contributed by atoms with E-state index in [0.29, 0.717) is 12.0 Å². The number of allylic oxidation sites excluding steroid dienone is 1. The van der Waals surface area contributed by atoms with Gasteiger partial charge in [-0.15, -0.1) is 0 Å². The summed E-state index contributed by atoms with van der Waals surface area (Å²) in [6.07, 6.45) is 2.94. The average Bonchev–Trinajstić information content (AvgIpc) is 2.21. The number of likely N-dealkylation sites (N-methyl/N-ethyl adjacent to an activating group) is 1. The fourth-order valence-corrected chi connectivity index (χ4v) is 2.14. The summed E-state index contributed by atoms with van der Waals surface area (Å²) < 4.78 is 0. The third kappa shape index (κ3) is 2.34. The molecule has 2 unspecified atom stereocenters. The Morgan fingerprint density at radius 3 is 2.35 bits per heavy atom. The van der Waals surface area contributed by atoms with Gasteiger partial charge in [0.15, 0.2) is 5.54 Å². The van der Waals surface area contributed by atoms with Crippen LogP contribution >= 0.6 is 0 Å².